The third-order valence-electron chi connectivity index (χ3n) is 1.76. The molecule has 54 valence electrons. The summed E-state index contributed by atoms with van der Waals surface area (Å²) < 4.78 is 1.88. The van der Waals surface area contributed by atoms with Gasteiger partial charge in [-0.1, -0.05) is 12.1 Å². The second kappa shape index (κ2) is 2.31. The first kappa shape index (κ1) is 6.28. The van der Waals surface area contributed by atoms with Crippen LogP contribution in [-0.4, -0.2) is 24.2 Å². The number of fused-ring (bicyclic) bond motifs is 1. The minimum absolute atomic E-state index is 0.664. The van der Waals surface area contributed by atoms with Gasteiger partial charge in [-0.2, -0.15) is 4.58 Å². The van der Waals surface area contributed by atoms with Crippen LogP contribution in [0.1, 0.15) is 5.56 Å². The van der Waals surface area contributed by atoms with Crippen LogP contribution in [0.15, 0.2) is 29.3 Å². The van der Waals surface area contributed by atoms with Crippen LogP contribution < -0.4 is 0 Å². The monoisotopic (exact) mass is 145 g/mol. The molecule has 0 spiro atoms. The molecule has 0 amide bonds. The average Bonchev–Trinajstić information content (AvgIpc) is 2.06. The van der Waals surface area contributed by atoms with Crippen LogP contribution in [0, 0.1) is 0 Å². The summed E-state index contributed by atoms with van der Waals surface area (Å²) in [5, 5.41) is 0. The number of hydrogen-bond donors (Lipinski definition) is 0. The summed E-state index contributed by atoms with van der Waals surface area (Å²) in [6, 6.07) is 8.10. The summed E-state index contributed by atoms with van der Waals surface area (Å²) in [6.45, 7) is 4.52. The van der Waals surface area contributed by atoms with Crippen LogP contribution in [0.3, 0.4) is 0 Å². The fourth-order valence-corrected chi connectivity index (χ4v) is 1.20. The Morgan fingerprint density at radius 2 is 2.18 bits per heavy atom. The van der Waals surface area contributed by atoms with E-state index < -0.39 is 0 Å². The molecule has 1 aromatic rings. The fourth-order valence-electron chi connectivity index (χ4n) is 1.20. The molecule has 1 aliphatic rings. The van der Waals surface area contributed by atoms with Crippen molar-refractivity contribution in [3.05, 3.63) is 29.8 Å². The van der Waals surface area contributed by atoms with E-state index in [2.05, 4.69) is 11.7 Å². The molecule has 1 aliphatic heterocycles. The van der Waals surface area contributed by atoms with Crippen molar-refractivity contribution in [3.63, 3.8) is 0 Å². The maximum absolute atomic E-state index is 4.14. The van der Waals surface area contributed by atoms with Gasteiger partial charge in [0.25, 0.3) is 0 Å². The van der Waals surface area contributed by atoms with E-state index in [1.165, 1.54) is 0 Å². The van der Waals surface area contributed by atoms with Crippen LogP contribution in [0.4, 0.5) is 5.69 Å². The van der Waals surface area contributed by atoms with Crippen molar-refractivity contribution in [2.45, 2.75) is 0 Å². The highest BCUT2D eigenvalue weighted by Gasteiger charge is 2.12. The normalized spacial score (nSPS) is 14.7. The average molecular weight is 145 g/mol. The maximum atomic E-state index is 4.14. The van der Waals surface area contributed by atoms with Crippen molar-refractivity contribution >= 4 is 18.6 Å². The number of rotatable bonds is 0. The van der Waals surface area contributed by atoms with Crippen LogP contribution in [0.25, 0.3) is 0 Å². The Balaban J connectivity index is 2.63. The van der Waals surface area contributed by atoms with Crippen LogP contribution in [0.2, 0.25) is 0 Å². The van der Waals surface area contributed by atoms with Crippen molar-refractivity contribution in [2.24, 2.45) is 4.99 Å². The van der Waals surface area contributed by atoms with Gasteiger partial charge in [0.05, 0.1) is 5.56 Å². The van der Waals surface area contributed by atoms with Gasteiger partial charge in [-0.05, 0) is 6.07 Å². The van der Waals surface area contributed by atoms with E-state index in [0.29, 0.717) is 6.67 Å². The Labute approximate surface area is 65.5 Å². The molecule has 0 fully saturated rings. The Bertz CT molecular complexity index is 326. The first-order valence-corrected chi connectivity index (χ1v) is 3.55. The lowest BCUT2D eigenvalue weighted by Crippen LogP contribution is -2.09. The fraction of sp³-hybridized carbons (Fsp3) is 0.111. The van der Waals surface area contributed by atoms with Gasteiger partial charge in [-0.15, -0.1) is 0 Å². The summed E-state index contributed by atoms with van der Waals surface area (Å²) in [6.07, 6.45) is 1.89. The van der Waals surface area contributed by atoms with Crippen molar-refractivity contribution in [1.29, 1.82) is 0 Å². The number of hydrogen-bond acceptors (Lipinski definition) is 1. The lowest BCUT2D eigenvalue weighted by atomic mass is 10.2. The molecule has 11 heavy (non-hydrogen) atoms. The molecule has 0 saturated heterocycles. The van der Waals surface area contributed by atoms with Gasteiger partial charge in [0, 0.05) is 12.3 Å². The number of benzene rings is 1. The number of nitrogens with zero attached hydrogens (tertiary/aromatic N) is 2. The van der Waals surface area contributed by atoms with Gasteiger partial charge in [0.15, 0.2) is 0 Å². The van der Waals surface area contributed by atoms with E-state index in [4.69, 9.17) is 0 Å². The third-order valence-corrected chi connectivity index (χ3v) is 1.76. The highest BCUT2D eigenvalue weighted by Crippen LogP contribution is 2.18. The highest BCUT2D eigenvalue weighted by atomic mass is 15.1. The van der Waals surface area contributed by atoms with E-state index in [1.54, 1.807) is 0 Å². The summed E-state index contributed by atoms with van der Waals surface area (Å²) in [7, 11) is 0. The zero-order chi connectivity index (χ0) is 7.68. The maximum Gasteiger partial charge on any atom is 0.240 e. The van der Waals surface area contributed by atoms with Crippen molar-refractivity contribution in [2.75, 3.05) is 6.67 Å². The molecular formula is C9H9N2+. The standard InChI is InChI=1S/C9H9N2/c1-11-7-10-6-8-4-2-3-5-9(8)11/h2-6H,1,7H2/q+1. The van der Waals surface area contributed by atoms with Gasteiger partial charge in [0.2, 0.25) is 12.4 Å². The quantitative estimate of drug-likeness (QED) is 0.491. The summed E-state index contributed by atoms with van der Waals surface area (Å²) in [5.74, 6) is 0. The molecule has 0 bridgehead atoms. The largest absolute Gasteiger partial charge is 0.240 e. The van der Waals surface area contributed by atoms with Gasteiger partial charge >= 0.3 is 0 Å². The van der Waals surface area contributed by atoms with Gasteiger partial charge in [-0.3, -0.25) is 0 Å². The first-order valence-electron chi connectivity index (χ1n) is 3.55. The van der Waals surface area contributed by atoms with E-state index in [1.807, 2.05) is 35.1 Å². The van der Waals surface area contributed by atoms with Crippen LogP contribution in [-0.2, 0) is 0 Å². The molecule has 0 saturated carbocycles. The molecular weight excluding hydrogens is 136 g/mol. The van der Waals surface area contributed by atoms with Crippen molar-refractivity contribution in [3.8, 4) is 0 Å². The van der Waals surface area contributed by atoms with Gasteiger partial charge in [0.1, 0.15) is 6.72 Å². The molecule has 0 radical (unpaired) electrons. The Morgan fingerprint density at radius 3 is 3.00 bits per heavy atom. The minimum atomic E-state index is 0.664. The van der Waals surface area contributed by atoms with Gasteiger partial charge in [-0.25, -0.2) is 4.99 Å². The highest BCUT2D eigenvalue weighted by molar-refractivity contribution is 5.86. The SMILES string of the molecule is C=[N+]1CN=Cc2ccccc21. The van der Waals surface area contributed by atoms with Crippen LogP contribution >= 0.6 is 0 Å². The summed E-state index contributed by atoms with van der Waals surface area (Å²) in [4.78, 5) is 4.14. The molecule has 0 aromatic heterocycles. The van der Waals surface area contributed by atoms with Crippen LogP contribution in [0.5, 0.6) is 0 Å². The molecule has 0 N–H and O–H groups in total. The van der Waals surface area contributed by atoms with Crippen molar-refractivity contribution < 1.29 is 4.58 Å². The second-order valence-corrected chi connectivity index (χ2v) is 2.55. The minimum Gasteiger partial charge on any atom is -0.227 e. The Morgan fingerprint density at radius 1 is 1.36 bits per heavy atom. The summed E-state index contributed by atoms with van der Waals surface area (Å²) >= 11 is 0. The molecule has 0 unspecified atom stereocenters. The van der Waals surface area contributed by atoms with Gasteiger partial charge < -0.3 is 0 Å². The zero-order valence-corrected chi connectivity index (χ0v) is 6.20. The predicted octanol–water partition coefficient (Wildman–Crippen LogP) is 1.42. The predicted molar refractivity (Wildman–Crippen MR) is 45.9 cm³/mol. The smallest absolute Gasteiger partial charge is 0.227 e. The Kier molecular flexibility index (Phi) is 1.32. The molecule has 0 aliphatic carbocycles. The number of para-hydroxylation sites is 1. The van der Waals surface area contributed by atoms with E-state index in [9.17, 15) is 0 Å². The molecule has 1 aromatic carbocycles. The van der Waals surface area contributed by atoms with E-state index in [-0.39, 0.29) is 0 Å². The van der Waals surface area contributed by atoms with Crippen molar-refractivity contribution in [1.82, 2.24) is 0 Å². The molecule has 2 nitrogen and oxygen atoms in total. The lowest BCUT2D eigenvalue weighted by Gasteiger charge is -2.05. The lowest BCUT2D eigenvalue weighted by molar-refractivity contribution is -0.430. The Hall–Kier alpha value is -1.44. The second-order valence-electron chi connectivity index (χ2n) is 2.55. The topological polar surface area (TPSA) is 15.4 Å². The molecule has 2 heteroatoms. The van der Waals surface area contributed by atoms with E-state index in [0.717, 1.165) is 11.3 Å². The first-order chi connectivity index (χ1) is 5.38. The zero-order valence-electron chi connectivity index (χ0n) is 6.20. The third kappa shape index (κ3) is 0.963. The number of aliphatic imine (C=N–C) groups is 1. The molecule has 2 rings (SSSR count). The summed E-state index contributed by atoms with van der Waals surface area (Å²) in [5.41, 5.74) is 2.30. The molecule has 1 heterocycles. The van der Waals surface area contributed by atoms with E-state index >= 15 is 0 Å². The molecule has 0 atom stereocenters.